The zero-order valence-electron chi connectivity index (χ0n) is 27.2. The van der Waals surface area contributed by atoms with Crippen molar-refractivity contribution >= 4 is 11.8 Å². The fourth-order valence-electron chi connectivity index (χ4n) is 8.67. The van der Waals surface area contributed by atoms with Crippen molar-refractivity contribution in [3.8, 4) is 0 Å². The molecule has 0 saturated heterocycles. The summed E-state index contributed by atoms with van der Waals surface area (Å²) in [5.74, 6) is 0.462. The predicted molar refractivity (Wildman–Crippen MR) is 175 cm³/mol. The van der Waals surface area contributed by atoms with Crippen LogP contribution < -0.4 is 10.6 Å². The number of nitrogens with zero attached hydrogens (tertiary/aromatic N) is 2. The van der Waals surface area contributed by atoms with Crippen molar-refractivity contribution in [2.75, 3.05) is 26.2 Å². The Morgan fingerprint density at radius 2 is 0.714 bits per heavy atom. The van der Waals surface area contributed by atoms with Crippen LogP contribution in [-0.4, -0.2) is 72.0 Å². The maximum atomic E-state index is 12.6. The van der Waals surface area contributed by atoms with E-state index in [1.165, 1.54) is 128 Å². The summed E-state index contributed by atoms with van der Waals surface area (Å²) in [5.41, 5.74) is 0. The third kappa shape index (κ3) is 12.1. The smallest absolute Gasteiger partial charge is 0.221 e. The molecule has 4 fully saturated rings. The van der Waals surface area contributed by atoms with Crippen molar-refractivity contribution < 1.29 is 9.59 Å². The summed E-state index contributed by atoms with van der Waals surface area (Å²) >= 11 is 0. The average molecular weight is 587 g/mol. The molecular formula is C36H66N4O2. The van der Waals surface area contributed by atoms with E-state index in [1.807, 2.05) is 0 Å². The molecule has 242 valence electrons. The Hall–Kier alpha value is -1.14. The van der Waals surface area contributed by atoms with Gasteiger partial charge in [0, 0.05) is 63.2 Å². The number of hydrogen-bond acceptors (Lipinski definition) is 4. The minimum absolute atomic E-state index is 0.231. The lowest BCUT2D eigenvalue weighted by atomic mass is 9.88. The van der Waals surface area contributed by atoms with E-state index in [-0.39, 0.29) is 11.8 Å². The van der Waals surface area contributed by atoms with E-state index in [2.05, 4.69) is 20.4 Å². The third-order valence-corrected chi connectivity index (χ3v) is 11.1. The van der Waals surface area contributed by atoms with Gasteiger partial charge in [0.25, 0.3) is 0 Å². The van der Waals surface area contributed by atoms with Gasteiger partial charge in [0.05, 0.1) is 0 Å². The Bertz CT molecular complexity index is 639. The number of rotatable bonds is 17. The minimum atomic E-state index is 0.231. The van der Waals surface area contributed by atoms with E-state index in [9.17, 15) is 9.59 Å². The van der Waals surface area contributed by atoms with Gasteiger partial charge >= 0.3 is 0 Å². The molecule has 4 saturated carbocycles. The first-order chi connectivity index (χ1) is 20.7. The Morgan fingerprint density at radius 1 is 0.429 bits per heavy atom. The molecule has 4 aliphatic rings. The van der Waals surface area contributed by atoms with Crippen molar-refractivity contribution in [3.05, 3.63) is 0 Å². The van der Waals surface area contributed by atoms with E-state index in [1.54, 1.807) is 0 Å². The lowest BCUT2D eigenvalue weighted by Crippen LogP contribution is -2.46. The first-order valence-electron chi connectivity index (χ1n) is 18.8. The Kier molecular flexibility index (Phi) is 16.1. The van der Waals surface area contributed by atoms with Crippen molar-refractivity contribution in [1.29, 1.82) is 0 Å². The van der Waals surface area contributed by atoms with Crippen LogP contribution in [0.4, 0.5) is 0 Å². The van der Waals surface area contributed by atoms with Gasteiger partial charge in [-0.25, -0.2) is 0 Å². The molecule has 0 radical (unpaired) electrons. The standard InChI is InChI=1S/C36H66N4O2/c41-35(25-29-39(31-17-7-3-8-18-31)32-19-9-4-10-20-32)37-27-15-1-2-16-28-38-36(42)26-30-40(33-21-11-5-12-22-33)34-23-13-6-14-24-34/h31-34H,1-30H2,(H,37,41)(H,38,42). The van der Waals surface area contributed by atoms with Crippen LogP contribution in [0.1, 0.15) is 167 Å². The maximum Gasteiger partial charge on any atom is 0.221 e. The number of nitrogens with one attached hydrogen (secondary N) is 2. The molecule has 2 N–H and O–H groups in total. The van der Waals surface area contributed by atoms with E-state index in [4.69, 9.17) is 0 Å². The first-order valence-corrected chi connectivity index (χ1v) is 18.8. The molecule has 0 bridgehead atoms. The van der Waals surface area contributed by atoms with Gasteiger partial charge in [0.2, 0.25) is 11.8 Å². The van der Waals surface area contributed by atoms with Crippen molar-refractivity contribution in [3.63, 3.8) is 0 Å². The van der Waals surface area contributed by atoms with E-state index in [0.29, 0.717) is 37.0 Å². The second-order valence-corrected chi connectivity index (χ2v) is 14.3. The van der Waals surface area contributed by atoms with Gasteiger partial charge in [-0.3, -0.25) is 19.4 Å². The van der Waals surface area contributed by atoms with Crippen LogP contribution in [0.5, 0.6) is 0 Å². The Labute approximate surface area is 258 Å². The van der Waals surface area contributed by atoms with Crippen LogP contribution in [0, 0.1) is 0 Å². The fourth-order valence-corrected chi connectivity index (χ4v) is 8.67. The van der Waals surface area contributed by atoms with Gasteiger partial charge < -0.3 is 10.6 Å². The first kappa shape index (κ1) is 33.7. The van der Waals surface area contributed by atoms with Crippen LogP contribution in [0.25, 0.3) is 0 Å². The quantitative estimate of drug-likeness (QED) is 0.173. The number of hydrogen-bond donors (Lipinski definition) is 2. The van der Waals surface area contributed by atoms with E-state index in [0.717, 1.165) is 51.9 Å². The monoisotopic (exact) mass is 587 g/mol. The van der Waals surface area contributed by atoms with E-state index >= 15 is 0 Å². The molecule has 0 aromatic heterocycles. The van der Waals surface area contributed by atoms with Crippen molar-refractivity contribution in [1.82, 2.24) is 20.4 Å². The lowest BCUT2D eigenvalue weighted by molar-refractivity contribution is -0.122. The summed E-state index contributed by atoms with van der Waals surface area (Å²) in [7, 11) is 0. The molecule has 0 heterocycles. The fraction of sp³-hybridized carbons (Fsp3) is 0.944. The number of carbonyl (C=O) groups is 2. The molecule has 0 aromatic carbocycles. The van der Waals surface area contributed by atoms with Crippen molar-refractivity contribution in [2.45, 2.75) is 191 Å². The van der Waals surface area contributed by atoms with Gasteiger partial charge in [-0.2, -0.15) is 0 Å². The Balaban J connectivity index is 1.02. The molecule has 0 atom stereocenters. The third-order valence-electron chi connectivity index (χ3n) is 11.1. The zero-order valence-corrected chi connectivity index (χ0v) is 27.2. The summed E-state index contributed by atoms with van der Waals surface area (Å²) in [6.07, 6.45) is 32.7. The van der Waals surface area contributed by atoms with Crippen molar-refractivity contribution in [2.24, 2.45) is 0 Å². The number of unbranched alkanes of at least 4 members (excludes halogenated alkanes) is 3. The minimum Gasteiger partial charge on any atom is -0.356 e. The molecule has 6 nitrogen and oxygen atoms in total. The summed E-state index contributed by atoms with van der Waals surface area (Å²) < 4.78 is 0. The second kappa shape index (κ2) is 20.0. The van der Waals surface area contributed by atoms with Gasteiger partial charge in [-0.05, 0) is 64.2 Å². The van der Waals surface area contributed by atoms with Crippen LogP contribution in [0.3, 0.4) is 0 Å². The molecule has 4 aliphatic carbocycles. The highest BCUT2D eigenvalue weighted by atomic mass is 16.2. The highest BCUT2D eigenvalue weighted by molar-refractivity contribution is 5.76. The average Bonchev–Trinajstić information content (AvgIpc) is 3.04. The lowest BCUT2D eigenvalue weighted by Gasteiger charge is -2.41. The predicted octanol–water partition coefficient (Wildman–Crippen LogP) is 7.49. The zero-order chi connectivity index (χ0) is 29.2. The summed E-state index contributed by atoms with van der Waals surface area (Å²) in [5, 5.41) is 6.39. The molecule has 0 aliphatic heterocycles. The highest BCUT2D eigenvalue weighted by Crippen LogP contribution is 2.31. The summed E-state index contributed by atoms with van der Waals surface area (Å²) in [4.78, 5) is 30.8. The molecular weight excluding hydrogens is 520 g/mol. The maximum absolute atomic E-state index is 12.6. The largest absolute Gasteiger partial charge is 0.356 e. The molecule has 0 unspecified atom stereocenters. The highest BCUT2D eigenvalue weighted by Gasteiger charge is 2.30. The van der Waals surface area contributed by atoms with Crippen LogP contribution >= 0.6 is 0 Å². The molecule has 2 amide bonds. The summed E-state index contributed by atoms with van der Waals surface area (Å²) in [6.45, 7) is 3.46. The van der Waals surface area contributed by atoms with Crippen LogP contribution in [-0.2, 0) is 9.59 Å². The van der Waals surface area contributed by atoms with Gasteiger partial charge in [0.1, 0.15) is 0 Å². The van der Waals surface area contributed by atoms with Crippen LogP contribution in [0.2, 0.25) is 0 Å². The number of amides is 2. The van der Waals surface area contributed by atoms with Gasteiger partial charge in [-0.1, -0.05) is 89.9 Å². The van der Waals surface area contributed by atoms with Crippen LogP contribution in [0.15, 0.2) is 0 Å². The molecule has 0 spiro atoms. The molecule has 42 heavy (non-hydrogen) atoms. The Morgan fingerprint density at radius 3 is 1.00 bits per heavy atom. The second-order valence-electron chi connectivity index (χ2n) is 14.3. The molecule has 6 heteroatoms. The molecule has 4 rings (SSSR count). The van der Waals surface area contributed by atoms with Gasteiger partial charge in [-0.15, -0.1) is 0 Å². The van der Waals surface area contributed by atoms with E-state index < -0.39 is 0 Å². The molecule has 0 aromatic rings. The number of carbonyl (C=O) groups excluding carboxylic acids is 2. The SMILES string of the molecule is O=C(CCN(C1CCCCC1)C1CCCCC1)NCCCCCCNC(=O)CCN(C1CCCCC1)C1CCCCC1. The summed E-state index contributed by atoms with van der Waals surface area (Å²) in [6, 6.07) is 2.84. The topological polar surface area (TPSA) is 64.7 Å². The normalized spacial score (nSPS) is 22.0. The van der Waals surface area contributed by atoms with Gasteiger partial charge in [0.15, 0.2) is 0 Å².